The molecular formula is C15H19BrN4O3. The number of fused-ring (bicyclic) bond motifs is 1. The van der Waals surface area contributed by atoms with Crippen LogP contribution in [-0.2, 0) is 4.74 Å². The molecule has 8 heteroatoms. The van der Waals surface area contributed by atoms with Gasteiger partial charge in [0.25, 0.3) is 0 Å². The van der Waals surface area contributed by atoms with Gasteiger partial charge < -0.3 is 14.4 Å². The highest BCUT2D eigenvalue weighted by atomic mass is 79.9. The van der Waals surface area contributed by atoms with Gasteiger partial charge in [-0.05, 0) is 48.8 Å². The number of benzene rings is 1. The topological polar surface area (TPSA) is 69.5 Å². The highest BCUT2D eigenvalue weighted by Gasteiger charge is 2.36. The fourth-order valence-corrected chi connectivity index (χ4v) is 3.00. The first kappa shape index (κ1) is 16.0. The molecule has 7 nitrogen and oxygen atoms in total. The second kappa shape index (κ2) is 5.67. The molecule has 0 saturated carbocycles. The number of nitrogens with zero attached hydrogens (tertiary/aromatic N) is 4. The van der Waals surface area contributed by atoms with Gasteiger partial charge >= 0.3 is 6.09 Å². The molecule has 0 radical (unpaired) electrons. The van der Waals surface area contributed by atoms with Crippen LogP contribution in [0, 0.1) is 0 Å². The number of ether oxygens (including phenoxy) is 2. The molecule has 1 saturated heterocycles. The largest absolute Gasteiger partial charge is 0.494 e. The molecule has 1 aromatic heterocycles. The fourth-order valence-electron chi connectivity index (χ4n) is 2.49. The van der Waals surface area contributed by atoms with Crippen molar-refractivity contribution >= 4 is 33.1 Å². The van der Waals surface area contributed by atoms with E-state index in [-0.39, 0.29) is 12.1 Å². The van der Waals surface area contributed by atoms with E-state index in [9.17, 15) is 4.79 Å². The van der Waals surface area contributed by atoms with E-state index in [4.69, 9.17) is 9.47 Å². The first-order chi connectivity index (χ1) is 10.8. The summed E-state index contributed by atoms with van der Waals surface area (Å²) in [4.78, 5) is 13.7. The van der Waals surface area contributed by atoms with Crippen LogP contribution >= 0.6 is 15.9 Å². The number of halogens is 1. The SMILES string of the molecule is COc1ccc(Br)c2c1nnn2C1CN(C(=O)OC(C)(C)C)C1. The molecule has 0 aliphatic carbocycles. The van der Waals surface area contributed by atoms with Gasteiger partial charge in [-0.3, -0.25) is 0 Å². The molecule has 2 aromatic rings. The number of amides is 1. The minimum absolute atomic E-state index is 0.0796. The van der Waals surface area contributed by atoms with Gasteiger partial charge in [0.15, 0.2) is 5.52 Å². The van der Waals surface area contributed by atoms with Gasteiger partial charge in [-0.2, -0.15) is 0 Å². The van der Waals surface area contributed by atoms with E-state index < -0.39 is 5.60 Å². The van der Waals surface area contributed by atoms with Crippen LogP contribution in [0.3, 0.4) is 0 Å². The predicted octanol–water partition coefficient (Wildman–Crippen LogP) is 2.99. The lowest BCUT2D eigenvalue weighted by Gasteiger charge is -2.39. The zero-order chi connectivity index (χ0) is 16.8. The lowest BCUT2D eigenvalue weighted by Crippen LogP contribution is -2.52. The first-order valence-electron chi connectivity index (χ1n) is 7.35. The van der Waals surface area contributed by atoms with E-state index in [1.165, 1.54) is 0 Å². The maximum atomic E-state index is 12.0. The van der Waals surface area contributed by atoms with Crippen molar-refractivity contribution in [1.29, 1.82) is 0 Å². The van der Waals surface area contributed by atoms with Gasteiger partial charge in [0, 0.05) is 17.6 Å². The van der Waals surface area contributed by atoms with Crippen molar-refractivity contribution in [2.24, 2.45) is 0 Å². The molecule has 2 heterocycles. The Bertz CT molecular complexity index is 747. The van der Waals surface area contributed by atoms with E-state index in [1.807, 2.05) is 37.6 Å². The van der Waals surface area contributed by atoms with Gasteiger partial charge in [0.1, 0.15) is 16.9 Å². The molecule has 1 aliphatic rings. The van der Waals surface area contributed by atoms with Crippen LogP contribution in [0.1, 0.15) is 26.8 Å². The highest BCUT2D eigenvalue weighted by Crippen LogP contribution is 2.33. The number of hydrogen-bond donors (Lipinski definition) is 0. The number of hydrogen-bond acceptors (Lipinski definition) is 5. The third-order valence-electron chi connectivity index (χ3n) is 3.61. The average Bonchev–Trinajstić information content (AvgIpc) is 2.81. The van der Waals surface area contributed by atoms with Gasteiger partial charge in [-0.15, -0.1) is 5.10 Å². The quantitative estimate of drug-likeness (QED) is 0.798. The summed E-state index contributed by atoms with van der Waals surface area (Å²) in [6.07, 6.45) is -0.296. The van der Waals surface area contributed by atoms with Crippen LogP contribution < -0.4 is 4.74 Å². The lowest BCUT2D eigenvalue weighted by atomic mass is 10.1. The molecule has 0 N–H and O–H groups in total. The summed E-state index contributed by atoms with van der Waals surface area (Å²) >= 11 is 3.53. The Kier molecular flexibility index (Phi) is 3.95. The van der Waals surface area contributed by atoms with Crippen LogP contribution in [-0.4, -0.2) is 51.8 Å². The smallest absolute Gasteiger partial charge is 0.410 e. The van der Waals surface area contributed by atoms with Gasteiger partial charge in [-0.25, -0.2) is 9.48 Å². The molecule has 0 spiro atoms. The molecule has 1 fully saturated rings. The van der Waals surface area contributed by atoms with Crippen molar-refractivity contribution in [3.63, 3.8) is 0 Å². The predicted molar refractivity (Wildman–Crippen MR) is 88.6 cm³/mol. The average molecular weight is 383 g/mol. The molecule has 0 unspecified atom stereocenters. The molecule has 0 atom stereocenters. The third-order valence-corrected chi connectivity index (χ3v) is 4.25. The van der Waals surface area contributed by atoms with Gasteiger partial charge in [0.2, 0.25) is 0 Å². The van der Waals surface area contributed by atoms with Crippen molar-refractivity contribution in [3.05, 3.63) is 16.6 Å². The summed E-state index contributed by atoms with van der Waals surface area (Å²) < 4.78 is 13.4. The van der Waals surface area contributed by atoms with E-state index in [2.05, 4.69) is 26.2 Å². The number of carbonyl (C=O) groups excluding carboxylic acids is 1. The summed E-state index contributed by atoms with van der Waals surface area (Å²) in [6, 6.07) is 3.83. The van der Waals surface area contributed by atoms with E-state index >= 15 is 0 Å². The number of aromatic nitrogens is 3. The Labute approximate surface area is 142 Å². The zero-order valence-corrected chi connectivity index (χ0v) is 15.1. The highest BCUT2D eigenvalue weighted by molar-refractivity contribution is 9.10. The summed E-state index contributed by atoms with van der Waals surface area (Å²) in [7, 11) is 1.61. The van der Waals surface area contributed by atoms with Crippen LogP contribution in [0.4, 0.5) is 4.79 Å². The monoisotopic (exact) mass is 382 g/mol. The molecule has 1 aromatic carbocycles. The number of methoxy groups -OCH3 is 1. The van der Waals surface area contributed by atoms with Crippen LogP contribution in [0.25, 0.3) is 11.0 Å². The van der Waals surface area contributed by atoms with Crippen molar-refractivity contribution in [2.45, 2.75) is 32.4 Å². The third kappa shape index (κ3) is 2.99. The normalized spacial score (nSPS) is 15.6. The van der Waals surface area contributed by atoms with Gasteiger partial charge in [0.05, 0.1) is 13.2 Å². The van der Waals surface area contributed by atoms with Crippen LogP contribution in [0.2, 0.25) is 0 Å². The Balaban J connectivity index is 1.78. The van der Waals surface area contributed by atoms with E-state index in [1.54, 1.807) is 12.0 Å². The minimum atomic E-state index is -0.488. The second-order valence-corrected chi connectivity index (χ2v) is 7.37. The second-order valence-electron chi connectivity index (χ2n) is 6.52. The maximum Gasteiger partial charge on any atom is 0.410 e. The fraction of sp³-hybridized carbons (Fsp3) is 0.533. The van der Waals surface area contributed by atoms with Crippen molar-refractivity contribution in [3.8, 4) is 5.75 Å². The Morgan fingerprint density at radius 3 is 2.65 bits per heavy atom. The van der Waals surface area contributed by atoms with Crippen molar-refractivity contribution < 1.29 is 14.3 Å². The molecule has 3 rings (SSSR count). The molecule has 124 valence electrons. The van der Waals surface area contributed by atoms with Crippen molar-refractivity contribution in [2.75, 3.05) is 20.2 Å². The number of carbonyl (C=O) groups is 1. The summed E-state index contributed by atoms with van der Waals surface area (Å²) in [5, 5.41) is 8.44. The maximum absolute atomic E-state index is 12.0. The van der Waals surface area contributed by atoms with Crippen LogP contribution in [0.15, 0.2) is 16.6 Å². The molecule has 23 heavy (non-hydrogen) atoms. The summed E-state index contributed by atoms with van der Waals surface area (Å²) in [6.45, 7) is 6.68. The number of likely N-dealkylation sites (tertiary alicyclic amines) is 1. The lowest BCUT2D eigenvalue weighted by molar-refractivity contribution is -0.0000837. The van der Waals surface area contributed by atoms with E-state index in [0.29, 0.717) is 24.4 Å². The standard InChI is InChI=1S/C15H19BrN4O3/c1-15(2,3)23-14(21)19-7-9(8-19)20-13-10(16)5-6-11(22-4)12(13)17-18-20/h5-6,9H,7-8H2,1-4H3. The Morgan fingerprint density at radius 1 is 1.35 bits per heavy atom. The van der Waals surface area contributed by atoms with E-state index in [0.717, 1.165) is 9.99 Å². The first-order valence-corrected chi connectivity index (χ1v) is 8.15. The Morgan fingerprint density at radius 2 is 2.04 bits per heavy atom. The summed E-state index contributed by atoms with van der Waals surface area (Å²) in [5.41, 5.74) is 1.09. The molecule has 1 amide bonds. The molecule has 0 bridgehead atoms. The van der Waals surface area contributed by atoms with Crippen LogP contribution in [0.5, 0.6) is 5.75 Å². The van der Waals surface area contributed by atoms with Crippen molar-refractivity contribution in [1.82, 2.24) is 19.9 Å². The molecule has 1 aliphatic heterocycles. The molecular weight excluding hydrogens is 364 g/mol. The minimum Gasteiger partial charge on any atom is -0.494 e. The zero-order valence-electron chi connectivity index (χ0n) is 13.5. The number of rotatable bonds is 2. The Hall–Kier alpha value is -1.83. The van der Waals surface area contributed by atoms with Gasteiger partial charge in [-0.1, -0.05) is 5.21 Å². The summed E-state index contributed by atoms with van der Waals surface area (Å²) in [5.74, 6) is 0.678.